The maximum Gasteiger partial charge on any atom is 0.387 e. The quantitative estimate of drug-likeness (QED) is 0.726. The average molecular weight is 394 g/mol. The molecule has 0 unspecified atom stereocenters. The number of urea groups is 1. The van der Waals surface area contributed by atoms with Crippen LogP contribution in [-0.2, 0) is 13.1 Å². The zero-order valence-electron chi connectivity index (χ0n) is 15.3. The number of alkyl halides is 2. The highest BCUT2D eigenvalue weighted by molar-refractivity contribution is 5.75. The van der Waals surface area contributed by atoms with Crippen LogP contribution in [0.5, 0.6) is 11.5 Å². The summed E-state index contributed by atoms with van der Waals surface area (Å²) >= 11 is 0. The molecule has 0 bridgehead atoms. The number of methoxy groups -OCH3 is 1. The van der Waals surface area contributed by atoms with Crippen molar-refractivity contribution in [2.75, 3.05) is 7.11 Å². The van der Waals surface area contributed by atoms with Crippen LogP contribution in [0.25, 0.3) is 0 Å². The molecule has 0 saturated heterocycles. The number of amides is 2. The Hall–Kier alpha value is -2.90. The Labute approximate surface area is 161 Å². The summed E-state index contributed by atoms with van der Waals surface area (Å²) in [5, 5.41) is 2.83. The molecule has 2 amide bonds. The summed E-state index contributed by atoms with van der Waals surface area (Å²) in [6, 6.07) is 10.5. The van der Waals surface area contributed by atoms with E-state index in [1.807, 2.05) is 0 Å². The van der Waals surface area contributed by atoms with E-state index in [-0.39, 0.29) is 35.9 Å². The maximum absolute atomic E-state index is 13.1. The van der Waals surface area contributed by atoms with Crippen molar-refractivity contribution in [3.63, 3.8) is 0 Å². The van der Waals surface area contributed by atoms with Crippen LogP contribution in [0.1, 0.15) is 24.0 Å². The molecular formula is C20H21F3N2O3. The fourth-order valence-electron chi connectivity index (χ4n) is 2.83. The number of benzene rings is 2. The van der Waals surface area contributed by atoms with Gasteiger partial charge in [0.1, 0.15) is 5.82 Å². The molecule has 0 radical (unpaired) electrons. The van der Waals surface area contributed by atoms with Crippen LogP contribution in [0.3, 0.4) is 0 Å². The Bertz CT molecular complexity index is 811. The molecule has 1 aliphatic carbocycles. The van der Waals surface area contributed by atoms with Gasteiger partial charge in [-0.05, 0) is 48.2 Å². The number of hydrogen-bond acceptors (Lipinski definition) is 3. The Morgan fingerprint density at radius 3 is 2.43 bits per heavy atom. The minimum atomic E-state index is -2.95. The van der Waals surface area contributed by atoms with Crippen LogP contribution in [0.15, 0.2) is 42.5 Å². The van der Waals surface area contributed by atoms with Gasteiger partial charge in [-0.2, -0.15) is 8.78 Å². The van der Waals surface area contributed by atoms with Crippen molar-refractivity contribution >= 4 is 6.03 Å². The molecule has 1 aliphatic rings. The number of hydrogen-bond donors (Lipinski definition) is 1. The first-order chi connectivity index (χ1) is 13.5. The van der Waals surface area contributed by atoms with Gasteiger partial charge in [0.15, 0.2) is 11.5 Å². The molecule has 0 aliphatic heterocycles. The van der Waals surface area contributed by atoms with Gasteiger partial charge in [-0.1, -0.05) is 18.2 Å². The van der Waals surface area contributed by atoms with Crippen LogP contribution in [-0.4, -0.2) is 30.7 Å². The van der Waals surface area contributed by atoms with E-state index in [0.29, 0.717) is 12.1 Å². The summed E-state index contributed by atoms with van der Waals surface area (Å²) in [5.74, 6) is -0.222. The summed E-state index contributed by atoms with van der Waals surface area (Å²) in [4.78, 5) is 14.3. The molecule has 5 nitrogen and oxygen atoms in total. The first-order valence-electron chi connectivity index (χ1n) is 8.87. The third-order valence-corrected chi connectivity index (χ3v) is 4.40. The first kappa shape index (κ1) is 19.9. The molecule has 8 heteroatoms. The van der Waals surface area contributed by atoms with E-state index < -0.39 is 6.61 Å². The number of carbonyl (C=O) groups is 1. The summed E-state index contributed by atoms with van der Waals surface area (Å²) in [6.45, 7) is -2.35. The molecule has 1 saturated carbocycles. The SMILES string of the molecule is COc1cc(CNC(=O)N(Cc2ccc(F)cc2)C2CC2)ccc1OC(F)F. The van der Waals surface area contributed by atoms with Gasteiger partial charge < -0.3 is 19.7 Å². The minimum absolute atomic E-state index is 0.0662. The lowest BCUT2D eigenvalue weighted by Gasteiger charge is -2.23. The smallest absolute Gasteiger partial charge is 0.387 e. The second-order valence-electron chi connectivity index (χ2n) is 6.51. The number of nitrogens with one attached hydrogen (secondary N) is 1. The predicted molar refractivity (Wildman–Crippen MR) is 96.8 cm³/mol. The van der Waals surface area contributed by atoms with Crippen molar-refractivity contribution in [3.05, 3.63) is 59.4 Å². The van der Waals surface area contributed by atoms with Gasteiger partial charge in [0, 0.05) is 19.1 Å². The Balaban J connectivity index is 1.62. The molecule has 2 aromatic carbocycles. The van der Waals surface area contributed by atoms with Gasteiger partial charge in [-0.25, -0.2) is 9.18 Å². The fraction of sp³-hybridized carbons (Fsp3) is 0.350. The van der Waals surface area contributed by atoms with Crippen LogP contribution >= 0.6 is 0 Å². The van der Waals surface area contributed by atoms with E-state index in [1.165, 1.54) is 25.3 Å². The molecule has 0 spiro atoms. The summed E-state index contributed by atoms with van der Waals surface area (Å²) in [5.41, 5.74) is 1.53. The first-order valence-corrected chi connectivity index (χ1v) is 8.87. The zero-order chi connectivity index (χ0) is 20.1. The molecule has 0 heterocycles. The Morgan fingerprint density at radius 1 is 1.14 bits per heavy atom. The molecule has 0 atom stereocenters. The van der Waals surface area contributed by atoms with Crippen molar-refractivity contribution in [1.29, 1.82) is 0 Å². The predicted octanol–water partition coefficient (Wildman–Crippen LogP) is 4.31. The number of nitrogens with zero attached hydrogens (tertiary/aromatic N) is 1. The molecule has 150 valence electrons. The van der Waals surface area contributed by atoms with Crippen molar-refractivity contribution < 1.29 is 27.4 Å². The molecule has 3 rings (SSSR count). The van der Waals surface area contributed by atoms with Crippen LogP contribution < -0.4 is 14.8 Å². The van der Waals surface area contributed by atoms with Crippen LogP contribution in [0.2, 0.25) is 0 Å². The average Bonchev–Trinajstić information content (AvgIpc) is 3.51. The third-order valence-electron chi connectivity index (χ3n) is 4.40. The third kappa shape index (κ3) is 5.31. The fourth-order valence-corrected chi connectivity index (χ4v) is 2.83. The second kappa shape index (κ2) is 8.86. The molecule has 28 heavy (non-hydrogen) atoms. The maximum atomic E-state index is 13.1. The topological polar surface area (TPSA) is 50.8 Å². The molecule has 2 aromatic rings. The lowest BCUT2D eigenvalue weighted by atomic mass is 10.2. The van der Waals surface area contributed by atoms with Crippen LogP contribution in [0, 0.1) is 5.82 Å². The lowest BCUT2D eigenvalue weighted by Crippen LogP contribution is -2.40. The highest BCUT2D eigenvalue weighted by Crippen LogP contribution is 2.30. The second-order valence-corrected chi connectivity index (χ2v) is 6.51. The number of halogens is 3. The van der Waals surface area contributed by atoms with Crippen molar-refractivity contribution in [3.8, 4) is 11.5 Å². The normalized spacial score (nSPS) is 13.3. The molecule has 0 aromatic heterocycles. The highest BCUT2D eigenvalue weighted by atomic mass is 19.3. The van der Waals surface area contributed by atoms with Crippen molar-refractivity contribution in [2.45, 2.75) is 38.6 Å². The van der Waals surface area contributed by atoms with Crippen molar-refractivity contribution in [1.82, 2.24) is 10.2 Å². The molecule has 1 fully saturated rings. The van der Waals surface area contributed by atoms with E-state index in [1.54, 1.807) is 29.2 Å². The summed E-state index contributed by atoms with van der Waals surface area (Å²) in [7, 11) is 1.35. The molecular weight excluding hydrogens is 373 g/mol. The lowest BCUT2D eigenvalue weighted by molar-refractivity contribution is -0.0512. The van der Waals surface area contributed by atoms with Crippen LogP contribution in [0.4, 0.5) is 18.0 Å². The van der Waals surface area contributed by atoms with E-state index in [2.05, 4.69) is 10.1 Å². The van der Waals surface area contributed by atoms with E-state index >= 15 is 0 Å². The summed E-state index contributed by atoms with van der Waals surface area (Å²) in [6.07, 6.45) is 1.87. The standard InChI is InChI=1S/C20H21F3N2O3/c1-27-18-10-14(4-9-17(18)28-19(22)23)11-24-20(26)25(16-7-8-16)12-13-2-5-15(21)6-3-13/h2-6,9-10,16,19H,7-8,11-12H2,1H3,(H,24,26). The van der Waals surface area contributed by atoms with E-state index in [9.17, 15) is 18.0 Å². The monoisotopic (exact) mass is 394 g/mol. The number of ether oxygens (including phenoxy) is 2. The summed E-state index contributed by atoms with van der Waals surface area (Å²) < 4.78 is 47.3. The van der Waals surface area contributed by atoms with Gasteiger partial charge >= 0.3 is 12.6 Å². The van der Waals surface area contributed by atoms with Crippen molar-refractivity contribution in [2.24, 2.45) is 0 Å². The largest absolute Gasteiger partial charge is 0.493 e. The van der Waals surface area contributed by atoms with E-state index in [0.717, 1.165) is 18.4 Å². The zero-order valence-corrected chi connectivity index (χ0v) is 15.3. The van der Waals surface area contributed by atoms with Gasteiger partial charge in [0.05, 0.1) is 7.11 Å². The van der Waals surface area contributed by atoms with Gasteiger partial charge in [-0.15, -0.1) is 0 Å². The van der Waals surface area contributed by atoms with Gasteiger partial charge in [-0.3, -0.25) is 0 Å². The number of rotatable bonds is 8. The van der Waals surface area contributed by atoms with Gasteiger partial charge in [0.2, 0.25) is 0 Å². The van der Waals surface area contributed by atoms with E-state index in [4.69, 9.17) is 4.74 Å². The van der Waals surface area contributed by atoms with Gasteiger partial charge in [0.25, 0.3) is 0 Å². The highest BCUT2D eigenvalue weighted by Gasteiger charge is 2.32. The Kier molecular flexibility index (Phi) is 6.28. The minimum Gasteiger partial charge on any atom is -0.493 e. The molecule has 1 N–H and O–H groups in total. The Morgan fingerprint density at radius 2 is 1.82 bits per heavy atom. The number of carbonyl (C=O) groups excluding carboxylic acids is 1.